The third kappa shape index (κ3) is 4.71. The Morgan fingerprint density at radius 2 is 1.60 bits per heavy atom. The molecule has 0 radical (unpaired) electrons. The van der Waals surface area contributed by atoms with E-state index >= 15 is 0 Å². The van der Waals surface area contributed by atoms with Crippen LogP contribution in [0.2, 0.25) is 0 Å². The number of benzene rings is 2. The lowest BCUT2D eigenvalue weighted by molar-refractivity contribution is -0.131. The number of nitrogens with zero attached hydrogens (tertiary/aromatic N) is 4. The van der Waals surface area contributed by atoms with Gasteiger partial charge in [-0.3, -0.25) is 19.8 Å². The normalized spacial score (nSPS) is 22.7. The number of nitrogens with two attached hydrogens (primary N) is 1. The molecule has 1 aliphatic heterocycles. The van der Waals surface area contributed by atoms with Crippen LogP contribution in [0.5, 0.6) is 0 Å². The molecule has 1 saturated carbocycles. The highest BCUT2D eigenvalue weighted by Gasteiger charge is 2.60. The first-order valence-electron chi connectivity index (χ1n) is 14.4. The van der Waals surface area contributed by atoms with Gasteiger partial charge in [0.2, 0.25) is 5.91 Å². The second kappa shape index (κ2) is 10.9. The molecule has 3 unspecified atom stereocenters. The Morgan fingerprint density at radius 1 is 1.05 bits per heavy atom. The van der Waals surface area contributed by atoms with Gasteiger partial charge in [0, 0.05) is 45.4 Å². The van der Waals surface area contributed by atoms with Crippen molar-refractivity contribution in [3.63, 3.8) is 0 Å². The van der Waals surface area contributed by atoms with Crippen LogP contribution < -0.4 is 11.1 Å². The van der Waals surface area contributed by atoms with E-state index in [0.717, 1.165) is 28.7 Å². The zero-order chi connectivity index (χ0) is 30.5. The van der Waals surface area contributed by atoms with Gasteiger partial charge in [-0.2, -0.15) is 5.26 Å². The van der Waals surface area contributed by atoms with Crippen molar-refractivity contribution in [2.24, 2.45) is 17.6 Å². The van der Waals surface area contributed by atoms with Gasteiger partial charge in [-0.15, -0.1) is 0 Å². The highest BCUT2D eigenvalue weighted by Crippen LogP contribution is 2.53. The van der Waals surface area contributed by atoms with Crippen molar-refractivity contribution in [3.8, 4) is 6.07 Å². The third-order valence-electron chi connectivity index (χ3n) is 9.33. The quantitative estimate of drug-likeness (QED) is 0.252. The Balaban J connectivity index is 1.46. The maximum Gasteiger partial charge on any atom is 0.253 e. The average Bonchev–Trinajstić information content (AvgIpc) is 3.40. The molecule has 0 spiro atoms. The molecule has 1 saturated heterocycles. The zero-order valence-electron chi connectivity index (χ0n) is 24.9. The number of amides is 3. The molecule has 3 amide bonds. The second-order valence-corrected chi connectivity index (χ2v) is 12.3. The number of nitriles is 1. The van der Waals surface area contributed by atoms with Crippen LogP contribution >= 0.6 is 0 Å². The van der Waals surface area contributed by atoms with Gasteiger partial charge in [0.25, 0.3) is 11.8 Å². The Bertz CT molecular complexity index is 1440. The number of amidine groups is 1. The predicted octanol–water partition coefficient (Wildman–Crippen LogP) is 1.96. The van der Waals surface area contributed by atoms with Crippen molar-refractivity contribution < 1.29 is 14.4 Å². The standard InChI is InChI=1S/C32H39N7O3/c1-18-24-15-23(16-33)39(28(18)24)27(40)17-36-11-10-32(31(34)35)25-8-6-19(29(41)37(2)3)12-21(25)14-22-13-20(7-9-26(22)32)30(42)38(4)5/h6-9,12-13,18,23-24,28,36H,10-11,14-15,17H2,1-5H3,(H3,34,35)/t18-,23?,24?,28?/m0/s1. The van der Waals surface area contributed by atoms with E-state index in [0.29, 0.717) is 42.3 Å². The number of nitrogens with one attached hydrogen (secondary N) is 2. The minimum absolute atomic E-state index is 0.0464. The van der Waals surface area contributed by atoms with Gasteiger partial charge < -0.3 is 25.8 Å². The van der Waals surface area contributed by atoms with E-state index in [9.17, 15) is 19.6 Å². The lowest BCUT2D eigenvalue weighted by Crippen LogP contribution is -2.48. The molecule has 3 aliphatic rings. The number of rotatable bonds is 8. The Hall–Kier alpha value is -4.23. The fourth-order valence-corrected chi connectivity index (χ4v) is 7.07. The van der Waals surface area contributed by atoms with E-state index in [1.54, 1.807) is 45.2 Å². The van der Waals surface area contributed by atoms with Crippen LogP contribution in [0.15, 0.2) is 36.4 Å². The monoisotopic (exact) mass is 569 g/mol. The van der Waals surface area contributed by atoms with E-state index in [1.165, 1.54) is 9.80 Å². The van der Waals surface area contributed by atoms with Crippen molar-refractivity contribution in [2.45, 2.75) is 43.7 Å². The van der Waals surface area contributed by atoms with Crippen molar-refractivity contribution in [3.05, 3.63) is 69.8 Å². The lowest BCUT2D eigenvalue weighted by Gasteiger charge is -2.41. The summed E-state index contributed by atoms with van der Waals surface area (Å²) in [5.74, 6) is 0.470. The van der Waals surface area contributed by atoms with E-state index in [-0.39, 0.29) is 42.2 Å². The first-order valence-corrected chi connectivity index (χ1v) is 14.4. The Morgan fingerprint density at radius 3 is 2.07 bits per heavy atom. The number of likely N-dealkylation sites (tertiary alicyclic amines) is 1. The van der Waals surface area contributed by atoms with Crippen LogP contribution in [-0.4, -0.2) is 91.6 Å². The van der Waals surface area contributed by atoms with Crippen LogP contribution in [0.4, 0.5) is 0 Å². The van der Waals surface area contributed by atoms with Gasteiger partial charge >= 0.3 is 0 Å². The fraction of sp³-hybridized carbons (Fsp3) is 0.469. The number of hydrogen-bond donors (Lipinski definition) is 3. The van der Waals surface area contributed by atoms with Crippen LogP contribution in [0.25, 0.3) is 0 Å². The molecule has 0 bridgehead atoms. The molecule has 2 aromatic rings. The molecular formula is C32H39N7O3. The van der Waals surface area contributed by atoms with Crippen molar-refractivity contribution in [2.75, 3.05) is 41.3 Å². The zero-order valence-corrected chi connectivity index (χ0v) is 24.9. The van der Waals surface area contributed by atoms with E-state index in [2.05, 4.69) is 18.3 Å². The van der Waals surface area contributed by atoms with Gasteiger partial charge in [0.15, 0.2) is 0 Å². The van der Waals surface area contributed by atoms with Gasteiger partial charge in [-0.1, -0.05) is 19.1 Å². The molecule has 0 aromatic heterocycles. The van der Waals surface area contributed by atoms with Gasteiger partial charge in [0.1, 0.15) is 11.9 Å². The average molecular weight is 570 g/mol. The minimum atomic E-state index is -1.02. The van der Waals surface area contributed by atoms with Crippen molar-refractivity contribution in [1.82, 2.24) is 20.0 Å². The van der Waals surface area contributed by atoms with Gasteiger partial charge in [-0.25, -0.2) is 0 Å². The Labute approximate surface area is 247 Å². The summed E-state index contributed by atoms with van der Waals surface area (Å²) in [4.78, 5) is 43.6. The first kappa shape index (κ1) is 29.3. The first-order chi connectivity index (χ1) is 19.9. The second-order valence-electron chi connectivity index (χ2n) is 12.3. The molecule has 42 heavy (non-hydrogen) atoms. The topological polar surface area (TPSA) is 147 Å². The summed E-state index contributed by atoms with van der Waals surface area (Å²) in [6.45, 7) is 2.60. The van der Waals surface area contributed by atoms with Crippen LogP contribution in [-0.2, 0) is 16.6 Å². The van der Waals surface area contributed by atoms with E-state index in [1.807, 2.05) is 24.3 Å². The van der Waals surface area contributed by atoms with Gasteiger partial charge in [-0.05, 0) is 84.2 Å². The molecule has 2 aromatic carbocycles. The Kier molecular flexibility index (Phi) is 7.58. The third-order valence-corrected chi connectivity index (χ3v) is 9.33. The number of piperidine rings is 1. The molecule has 10 nitrogen and oxygen atoms in total. The van der Waals surface area contributed by atoms with Crippen molar-refractivity contribution in [1.29, 1.82) is 10.7 Å². The summed E-state index contributed by atoms with van der Waals surface area (Å²) < 4.78 is 0. The summed E-state index contributed by atoms with van der Waals surface area (Å²) in [6, 6.07) is 13.1. The molecule has 2 aliphatic carbocycles. The summed E-state index contributed by atoms with van der Waals surface area (Å²) >= 11 is 0. The van der Waals surface area contributed by atoms with Crippen LogP contribution in [0.1, 0.15) is 62.7 Å². The number of hydrogen-bond acceptors (Lipinski definition) is 6. The van der Waals surface area contributed by atoms with E-state index < -0.39 is 5.41 Å². The number of carbonyl (C=O) groups is 3. The smallest absolute Gasteiger partial charge is 0.253 e. The van der Waals surface area contributed by atoms with Crippen LogP contribution in [0, 0.1) is 28.6 Å². The molecule has 4 atom stereocenters. The fourth-order valence-electron chi connectivity index (χ4n) is 7.07. The minimum Gasteiger partial charge on any atom is -0.387 e. The summed E-state index contributed by atoms with van der Waals surface area (Å²) in [5.41, 5.74) is 9.93. The SMILES string of the molecule is C[C@H]1C2CC(C#N)N(C(=O)CNCCC3(C(=N)N)c4ccc(C(=O)N(C)C)cc4Cc4cc(C(=O)N(C)C)ccc43)C21. The molecular weight excluding hydrogens is 530 g/mol. The molecule has 2 fully saturated rings. The van der Waals surface area contributed by atoms with Crippen LogP contribution in [0.3, 0.4) is 0 Å². The highest BCUT2D eigenvalue weighted by atomic mass is 16.2. The maximum absolute atomic E-state index is 13.1. The largest absolute Gasteiger partial charge is 0.387 e. The van der Waals surface area contributed by atoms with Gasteiger partial charge in [0.05, 0.1) is 18.0 Å². The summed E-state index contributed by atoms with van der Waals surface area (Å²) in [5, 5.41) is 21.7. The summed E-state index contributed by atoms with van der Waals surface area (Å²) in [6.07, 6.45) is 1.62. The molecule has 5 rings (SSSR count). The molecule has 10 heteroatoms. The molecule has 220 valence electrons. The highest BCUT2D eigenvalue weighted by molar-refractivity contribution is 5.98. The number of fused-ring (bicyclic) bond motifs is 3. The summed E-state index contributed by atoms with van der Waals surface area (Å²) in [7, 11) is 6.81. The number of carbonyl (C=O) groups excluding carboxylic acids is 3. The maximum atomic E-state index is 13.1. The van der Waals surface area contributed by atoms with Crippen molar-refractivity contribution >= 4 is 23.6 Å². The van der Waals surface area contributed by atoms with E-state index in [4.69, 9.17) is 11.1 Å². The molecule has 4 N–H and O–H groups in total. The lowest BCUT2D eigenvalue weighted by atomic mass is 9.63. The predicted molar refractivity (Wildman–Crippen MR) is 159 cm³/mol. The molecule has 1 heterocycles.